The molecule has 9 nitrogen and oxygen atoms in total. The first-order valence-corrected chi connectivity index (χ1v) is 16.5. The van der Waals surface area contributed by atoms with Gasteiger partial charge in [-0.1, -0.05) is 66.2 Å². The second kappa shape index (κ2) is 15.7. The third-order valence-electron chi connectivity index (χ3n) is 8.49. The van der Waals surface area contributed by atoms with E-state index >= 15 is 0 Å². The summed E-state index contributed by atoms with van der Waals surface area (Å²) < 4.78 is 23.1. The Labute approximate surface area is 269 Å². The molecule has 46 heavy (non-hydrogen) atoms. The molecule has 0 fully saturated rings. The van der Waals surface area contributed by atoms with Crippen molar-refractivity contribution in [1.82, 2.24) is 15.0 Å². The molecule has 0 saturated carbocycles. The van der Waals surface area contributed by atoms with Crippen LogP contribution in [0.1, 0.15) is 79.1 Å². The number of hydrogen-bond acceptors (Lipinski definition) is 9. The van der Waals surface area contributed by atoms with Crippen LogP contribution in [0, 0.1) is 11.8 Å². The summed E-state index contributed by atoms with van der Waals surface area (Å²) >= 11 is 0. The Morgan fingerprint density at radius 2 is 1.20 bits per heavy atom. The molecule has 242 valence electrons. The molecule has 5 rings (SSSR count). The summed E-state index contributed by atoms with van der Waals surface area (Å²) in [6, 6.07) is 13.9. The van der Waals surface area contributed by atoms with E-state index in [2.05, 4.69) is 42.6 Å². The van der Waals surface area contributed by atoms with Crippen molar-refractivity contribution in [3.8, 4) is 34.5 Å². The zero-order valence-corrected chi connectivity index (χ0v) is 27.2. The average molecular weight is 626 g/mol. The summed E-state index contributed by atoms with van der Waals surface area (Å²) in [6.07, 6.45) is 10.5. The molecule has 0 saturated heterocycles. The quantitative estimate of drug-likeness (QED) is 0.106. The smallest absolute Gasteiger partial charge is 0.347 e. The highest BCUT2D eigenvalue weighted by Crippen LogP contribution is 2.26. The van der Waals surface area contributed by atoms with E-state index in [0.29, 0.717) is 69.6 Å². The Balaban J connectivity index is 1.30. The molecular formula is C37H43N3O6. The molecule has 0 spiro atoms. The fourth-order valence-electron chi connectivity index (χ4n) is 5.39. The number of unbranched alkanes of at least 4 members (excludes halogenated alkanes) is 2. The third kappa shape index (κ3) is 8.00. The molecule has 3 heterocycles. The molecule has 0 bridgehead atoms. The highest BCUT2D eigenvalue weighted by molar-refractivity contribution is 5.81. The van der Waals surface area contributed by atoms with Crippen molar-refractivity contribution in [3.05, 3.63) is 75.6 Å². The van der Waals surface area contributed by atoms with E-state index in [0.717, 1.165) is 38.5 Å². The summed E-state index contributed by atoms with van der Waals surface area (Å²) in [5.74, 6) is 2.42. The molecule has 2 atom stereocenters. The van der Waals surface area contributed by atoms with Gasteiger partial charge in [0.2, 0.25) is 11.8 Å². The predicted molar refractivity (Wildman–Crippen MR) is 180 cm³/mol. The van der Waals surface area contributed by atoms with E-state index in [1.165, 1.54) is 19.0 Å². The number of rotatable bonds is 16. The maximum absolute atomic E-state index is 12.9. The van der Waals surface area contributed by atoms with E-state index in [1.807, 2.05) is 12.1 Å². The topological polar surface area (TPSA) is 118 Å². The van der Waals surface area contributed by atoms with E-state index < -0.39 is 11.3 Å². The van der Waals surface area contributed by atoms with E-state index in [9.17, 15) is 9.59 Å². The predicted octanol–water partition coefficient (Wildman–Crippen LogP) is 8.61. The molecule has 2 unspecified atom stereocenters. The Kier molecular flexibility index (Phi) is 11.2. The summed E-state index contributed by atoms with van der Waals surface area (Å²) in [4.78, 5) is 39.3. The minimum atomic E-state index is -0.522. The lowest BCUT2D eigenvalue weighted by atomic mass is 10.0. The molecule has 9 heteroatoms. The van der Waals surface area contributed by atoms with Crippen LogP contribution in [0.3, 0.4) is 0 Å². The Morgan fingerprint density at radius 1 is 0.674 bits per heavy atom. The van der Waals surface area contributed by atoms with Crippen LogP contribution in [0.2, 0.25) is 0 Å². The second-order valence-electron chi connectivity index (χ2n) is 11.9. The van der Waals surface area contributed by atoms with Crippen LogP contribution in [0.5, 0.6) is 11.5 Å². The standard InChI is InChI=1S/C37H43N3O6/c1-5-9-11-24(7-3)22-43-27-14-17-31-29(19-27)36(41)45-34(39-31)26-13-16-33(38-21-26)35-40-32-18-15-28(20-30(32)37(42)46-35)44-23-25(8-4)12-10-6-2/h13-21,24-25H,5-12,22-23H2,1-4H3. The van der Waals surface area contributed by atoms with Gasteiger partial charge in [0, 0.05) is 6.20 Å². The minimum absolute atomic E-state index is 0.0868. The number of hydrogen-bond donors (Lipinski definition) is 0. The largest absolute Gasteiger partial charge is 0.493 e. The Hall–Kier alpha value is -4.53. The first-order chi connectivity index (χ1) is 22.4. The zero-order valence-electron chi connectivity index (χ0n) is 27.2. The van der Waals surface area contributed by atoms with Crippen LogP contribution in [0.25, 0.3) is 44.8 Å². The Bertz CT molecular complexity index is 1730. The van der Waals surface area contributed by atoms with Gasteiger partial charge < -0.3 is 18.3 Å². The highest BCUT2D eigenvalue weighted by atomic mass is 16.5. The summed E-state index contributed by atoms with van der Waals surface area (Å²) in [5, 5.41) is 0.696. The van der Waals surface area contributed by atoms with E-state index in [-0.39, 0.29) is 11.8 Å². The molecule has 3 aromatic heterocycles. The molecule has 2 aromatic carbocycles. The molecule has 0 aliphatic rings. The zero-order chi connectivity index (χ0) is 32.5. The molecule has 0 aliphatic heterocycles. The monoisotopic (exact) mass is 625 g/mol. The first-order valence-electron chi connectivity index (χ1n) is 16.5. The van der Waals surface area contributed by atoms with Gasteiger partial charge in [0.1, 0.15) is 17.2 Å². The summed E-state index contributed by atoms with van der Waals surface area (Å²) in [6.45, 7) is 9.92. The van der Waals surface area contributed by atoms with Gasteiger partial charge in [-0.2, -0.15) is 0 Å². The fourth-order valence-corrected chi connectivity index (χ4v) is 5.39. The SMILES string of the molecule is CCCCC(CC)COc1ccc2nc(-c3ccc(-c4nc5ccc(OCC(CC)CCCC)cc5c(=O)o4)nc3)oc(=O)c2c1. The summed E-state index contributed by atoms with van der Waals surface area (Å²) in [5.41, 5.74) is 0.810. The number of aromatic nitrogens is 3. The number of fused-ring (bicyclic) bond motifs is 2. The van der Waals surface area contributed by atoms with E-state index in [4.69, 9.17) is 18.3 Å². The number of pyridine rings is 1. The summed E-state index contributed by atoms with van der Waals surface area (Å²) in [7, 11) is 0. The first kappa shape index (κ1) is 32.9. The lowest BCUT2D eigenvalue weighted by Crippen LogP contribution is -2.11. The Morgan fingerprint density at radius 3 is 1.67 bits per heavy atom. The van der Waals surface area contributed by atoms with Crippen LogP contribution in [-0.2, 0) is 0 Å². The van der Waals surface area contributed by atoms with Gasteiger partial charge in [0.05, 0.1) is 40.6 Å². The average Bonchev–Trinajstić information content (AvgIpc) is 3.08. The molecule has 0 radical (unpaired) electrons. The van der Waals surface area contributed by atoms with Crippen LogP contribution >= 0.6 is 0 Å². The number of benzene rings is 2. The van der Waals surface area contributed by atoms with Crippen LogP contribution in [-0.4, -0.2) is 28.2 Å². The van der Waals surface area contributed by atoms with Gasteiger partial charge in [0.15, 0.2) is 0 Å². The van der Waals surface area contributed by atoms with Crippen molar-refractivity contribution in [2.75, 3.05) is 13.2 Å². The number of nitrogens with zero attached hydrogens (tertiary/aromatic N) is 3. The van der Waals surface area contributed by atoms with Crippen LogP contribution < -0.4 is 20.7 Å². The van der Waals surface area contributed by atoms with Gasteiger partial charge in [-0.15, -0.1) is 0 Å². The maximum atomic E-state index is 12.9. The van der Waals surface area contributed by atoms with Crippen LogP contribution in [0.15, 0.2) is 73.2 Å². The van der Waals surface area contributed by atoms with Gasteiger partial charge in [-0.3, -0.25) is 4.98 Å². The second-order valence-corrected chi connectivity index (χ2v) is 11.9. The van der Waals surface area contributed by atoms with Gasteiger partial charge >= 0.3 is 11.3 Å². The van der Waals surface area contributed by atoms with Crippen molar-refractivity contribution in [1.29, 1.82) is 0 Å². The molecular weight excluding hydrogens is 582 g/mol. The maximum Gasteiger partial charge on any atom is 0.347 e. The highest BCUT2D eigenvalue weighted by Gasteiger charge is 2.15. The lowest BCUT2D eigenvalue weighted by Gasteiger charge is -2.15. The van der Waals surface area contributed by atoms with Crippen molar-refractivity contribution < 1.29 is 18.3 Å². The van der Waals surface area contributed by atoms with Crippen molar-refractivity contribution in [3.63, 3.8) is 0 Å². The van der Waals surface area contributed by atoms with Gasteiger partial charge in [-0.25, -0.2) is 19.6 Å². The van der Waals surface area contributed by atoms with Crippen molar-refractivity contribution in [2.45, 2.75) is 79.1 Å². The van der Waals surface area contributed by atoms with Gasteiger partial charge in [0.25, 0.3) is 0 Å². The number of ether oxygens (including phenoxy) is 2. The lowest BCUT2D eigenvalue weighted by molar-refractivity contribution is 0.233. The molecule has 0 aliphatic carbocycles. The fraction of sp³-hybridized carbons (Fsp3) is 0.432. The van der Waals surface area contributed by atoms with Gasteiger partial charge in [-0.05, 0) is 73.2 Å². The normalized spacial score (nSPS) is 12.8. The molecule has 5 aromatic rings. The van der Waals surface area contributed by atoms with Crippen molar-refractivity contribution in [2.24, 2.45) is 11.8 Å². The minimum Gasteiger partial charge on any atom is -0.493 e. The van der Waals surface area contributed by atoms with E-state index in [1.54, 1.807) is 36.4 Å². The van der Waals surface area contributed by atoms with Crippen molar-refractivity contribution >= 4 is 21.8 Å². The van der Waals surface area contributed by atoms with Crippen LogP contribution in [0.4, 0.5) is 0 Å². The molecule has 0 N–H and O–H groups in total. The molecule has 0 amide bonds. The third-order valence-corrected chi connectivity index (χ3v) is 8.49.